The Bertz CT molecular complexity index is 274. The van der Waals surface area contributed by atoms with Gasteiger partial charge in [0.1, 0.15) is 6.29 Å². The van der Waals surface area contributed by atoms with Crippen molar-refractivity contribution in [2.24, 2.45) is 0 Å². The molecular weight excluding hydrogens is 150 g/mol. The molecule has 1 fully saturated rings. The van der Waals surface area contributed by atoms with Crippen LogP contribution in [0.3, 0.4) is 0 Å². The molecule has 1 heterocycles. The lowest BCUT2D eigenvalue weighted by molar-refractivity contribution is 0.112. The molecule has 1 saturated heterocycles. The predicted molar refractivity (Wildman–Crippen MR) is 47.4 cm³/mol. The van der Waals surface area contributed by atoms with Gasteiger partial charge in [-0.3, -0.25) is 4.79 Å². The van der Waals surface area contributed by atoms with Crippen LogP contribution in [0.4, 0.5) is 0 Å². The van der Waals surface area contributed by atoms with E-state index in [4.69, 9.17) is 0 Å². The van der Waals surface area contributed by atoms with Crippen LogP contribution in [0, 0.1) is 0 Å². The van der Waals surface area contributed by atoms with Gasteiger partial charge in [-0.2, -0.15) is 0 Å². The molecule has 0 aromatic heterocycles. The van der Waals surface area contributed by atoms with Gasteiger partial charge in [0.25, 0.3) is 0 Å². The molecule has 0 radical (unpaired) electrons. The van der Waals surface area contributed by atoms with Gasteiger partial charge in [0.15, 0.2) is 0 Å². The molecule has 0 atom stereocenters. The molecule has 1 aliphatic heterocycles. The Hall–Kier alpha value is -1.15. The largest absolute Gasteiger partial charge is 0.315 e. The Kier molecular flexibility index (Phi) is 1.92. The highest BCUT2D eigenvalue weighted by atomic mass is 16.1. The minimum absolute atomic E-state index is 0.658. The summed E-state index contributed by atoms with van der Waals surface area (Å²) in [6.45, 7) is 2.14. The summed E-state index contributed by atoms with van der Waals surface area (Å²) in [5, 5.41) is 3.22. The van der Waals surface area contributed by atoms with Crippen molar-refractivity contribution in [2.75, 3.05) is 13.1 Å². The molecule has 1 aromatic rings. The Morgan fingerprint density at radius 2 is 1.92 bits per heavy atom. The first kappa shape index (κ1) is 7.50. The number of benzene rings is 1. The van der Waals surface area contributed by atoms with E-state index < -0.39 is 0 Å². The summed E-state index contributed by atoms with van der Waals surface area (Å²) in [4.78, 5) is 10.4. The van der Waals surface area contributed by atoms with Crippen LogP contribution in [-0.2, 0) is 0 Å². The van der Waals surface area contributed by atoms with Crippen LogP contribution in [0.5, 0.6) is 0 Å². The third-order valence-corrected chi connectivity index (χ3v) is 2.33. The number of carbonyl (C=O) groups is 1. The van der Waals surface area contributed by atoms with Gasteiger partial charge < -0.3 is 5.32 Å². The van der Waals surface area contributed by atoms with E-state index in [0.717, 1.165) is 24.9 Å². The first-order valence-corrected chi connectivity index (χ1v) is 4.16. The third-order valence-electron chi connectivity index (χ3n) is 2.33. The minimum Gasteiger partial charge on any atom is -0.315 e. The third kappa shape index (κ3) is 1.25. The van der Waals surface area contributed by atoms with Gasteiger partial charge in [-0.15, -0.1) is 0 Å². The second-order valence-electron chi connectivity index (χ2n) is 3.14. The van der Waals surface area contributed by atoms with Gasteiger partial charge in [-0.05, 0) is 5.56 Å². The van der Waals surface area contributed by atoms with E-state index in [1.54, 1.807) is 0 Å². The molecule has 0 unspecified atom stereocenters. The van der Waals surface area contributed by atoms with E-state index in [-0.39, 0.29) is 0 Å². The standard InChI is InChI=1S/C10H11NO/c12-7-8-1-3-9(4-2-8)10-5-11-6-10/h1-4,7,10-11H,5-6H2. The lowest BCUT2D eigenvalue weighted by Crippen LogP contribution is -2.39. The van der Waals surface area contributed by atoms with Gasteiger partial charge in [0, 0.05) is 24.6 Å². The Labute approximate surface area is 71.6 Å². The number of hydrogen-bond acceptors (Lipinski definition) is 2. The van der Waals surface area contributed by atoms with E-state index in [9.17, 15) is 4.79 Å². The van der Waals surface area contributed by atoms with Crippen molar-refractivity contribution in [3.05, 3.63) is 35.4 Å². The van der Waals surface area contributed by atoms with Gasteiger partial charge >= 0.3 is 0 Å². The van der Waals surface area contributed by atoms with E-state index in [2.05, 4.69) is 5.32 Å². The summed E-state index contributed by atoms with van der Waals surface area (Å²) in [6, 6.07) is 7.83. The van der Waals surface area contributed by atoms with Crippen LogP contribution in [0.15, 0.2) is 24.3 Å². The average molecular weight is 161 g/mol. The highest BCUT2D eigenvalue weighted by Gasteiger charge is 2.17. The fraction of sp³-hybridized carbons (Fsp3) is 0.300. The molecule has 12 heavy (non-hydrogen) atoms. The van der Waals surface area contributed by atoms with Crippen LogP contribution >= 0.6 is 0 Å². The topological polar surface area (TPSA) is 29.1 Å². The number of nitrogens with one attached hydrogen (secondary N) is 1. The lowest BCUT2D eigenvalue weighted by Gasteiger charge is -2.27. The molecule has 0 amide bonds. The SMILES string of the molecule is O=Cc1ccc(C2CNC2)cc1. The van der Waals surface area contributed by atoms with Crippen molar-refractivity contribution in [1.29, 1.82) is 0 Å². The first-order valence-electron chi connectivity index (χ1n) is 4.16. The van der Waals surface area contributed by atoms with Crippen molar-refractivity contribution in [1.82, 2.24) is 5.32 Å². The van der Waals surface area contributed by atoms with Crippen molar-refractivity contribution >= 4 is 6.29 Å². The molecule has 0 spiro atoms. The molecule has 2 heteroatoms. The molecule has 2 nitrogen and oxygen atoms in total. The zero-order valence-electron chi connectivity index (χ0n) is 6.79. The maximum atomic E-state index is 10.4. The zero-order chi connectivity index (χ0) is 8.39. The van der Waals surface area contributed by atoms with Gasteiger partial charge in [0.05, 0.1) is 0 Å². The van der Waals surface area contributed by atoms with Crippen molar-refractivity contribution in [2.45, 2.75) is 5.92 Å². The summed E-state index contributed by atoms with van der Waals surface area (Å²) in [7, 11) is 0. The maximum absolute atomic E-state index is 10.4. The van der Waals surface area contributed by atoms with Crippen LogP contribution < -0.4 is 5.32 Å². The first-order chi connectivity index (χ1) is 5.90. The summed E-state index contributed by atoms with van der Waals surface area (Å²) >= 11 is 0. The summed E-state index contributed by atoms with van der Waals surface area (Å²) in [5.41, 5.74) is 2.09. The van der Waals surface area contributed by atoms with Crippen LogP contribution in [-0.4, -0.2) is 19.4 Å². The van der Waals surface area contributed by atoms with Crippen LogP contribution in [0.1, 0.15) is 21.8 Å². The highest BCUT2D eigenvalue weighted by Crippen LogP contribution is 2.19. The zero-order valence-corrected chi connectivity index (χ0v) is 6.79. The fourth-order valence-electron chi connectivity index (χ4n) is 1.37. The van der Waals surface area contributed by atoms with Crippen molar-refractivity contribution in [3.8, 4) is 0 Å². The number of hydrogen-bond donors (Lipinski definition) is 1. The molecule has 0 aliphatic carbocycles. The van der Waals surface area contributed by atoms with E-state index >= 15 is 0 Å². The normalized spacial score (nSPS) is 17.0. The van der Waals surface area contributed by atoms with Gasteiger partial charge in [0.2, 0.25) is 0 Å². The Balaban J connectivity index is 2.18. The van der Waals surface area contributed by atoms with Gasteiger partial charge in [-0.1, -0.05) is 24.3 Å². The Morgan fingerprint density at radius 1 is 1.25 bits per heavy atom. The van der Waals surface area contributed by atoms with Gasteiger partial charge in [-0.25, -0.2) is 0 Å². The van der Waals surface area contributed by atoms with Crippen molar-refractivity contribution < 1.29 is 4.79 Å². The highest BCUT2D eigenvalue weighted by molar-refractivity contribution is 5.74. The smallest absolute Gasteiger partial charge is 0.150 e. The molecule has 0 bridgehead atoms. The summed E-state index contributed by atoms with van der Waals surface area (Å²) < 4.78 is 0. The maximum Gasteiger partial charge on any atom is 0.150 e. The lowest BCUT2D eigenvalue weighted by atomic mass is 9.93. The molecule has 1 aromatic carbocycles. The second kappa shape index (κ2) is 3.07. The van der Waals surface area contributed by atoms with Crippen LogP contribution in [0.2, 0.25) is 0 Å². The Morgan fingerprint density at radius 3 is 2.33 bits per heavy atom. The van der Waals surface area contributed by atoms with Crippen molar-refractivity contribution in [3.63, 3.8) is 0 Å². The number of rotatable bonds is 2. The van der Waals surface area contributed by atoms with E-state index in [0.29, 0.717) is 5.92 Å². The molecule has 1 aliphatic rings. The molecule has 2 rings (SSSR count). The summed E-state index contributed by atoms with van der Waals surface area (Å²) in [5.74, 6) is 0.658. The monoisotopic (exact) mass is 161 g/mol. The molecular formula is C10H11NO. The molecule has 62 valence electrons. The van der Waals surface area contributed by atoms with E-state index in [1.807, 2.05) is 24.3 Å². The fourth-order valence-corrected chi connectivity index (χ4v) is 1.37. The molecule has 1 N–H and O–H groups in total. The number of carbonyl (C=O) groups excluding carboxylic acids is 1. The second-order valence-corrected chi connectivity index (χ2v) is 3.14. The predicted octanol–water partition coefficient (Wildman–Crippen LogP) is 1.19. The molecule has 0 saturated carbocycles. The average Bonchev–Trinajstić information content (AvgIpc) is 2.03. The summed E-state index contributed by atoms with van der Waals surface area (Å²) in [6.07, 6.45) is 0.878. The van der Waals surface area contributed by atoms with E-state index in [1.165, 1.54) is 5.56 Å². The quantitative estimate of drug-likeness (QED) is 0.660. The minimum atomic E-state index is 0.658. The number of aldehydes is 1. The van der Waals surface area contributed by atoms with Crippen LogP contribution in [0.25, 0.3) is 0 Å².